The Bertz CT molecular complexity index is 1090. The zero-order chi connectivity index (χ0) is 27.3. The fourth-order valence-electron chi connectivity index (χ4n) is 3.12. The Morgan fingerprint density at radius 1 is 1.11 bits per heavy atom. The van der Waals surface area contributed by atoms with Crippen LogP contribution in [0.1, 0.15) is 35.0 Å². The Hall–Kier alpha value is -3.70. The summed E-state index contributed by atoms with van der Waals surface area (Å²) in [7, 11) is 1.63. The van der Waals surface area contributed by atoms with Gasteiger partial charge in [0.15, 0.2) is 5.76 Å². The molecule has 0 aliphatic heterocycles. The smallest absolute Gasteiger partial charge is 0.475 e. The number of carbonyl (C=O) groups is 2. The Morgan fingerprint density at radius 2 is 1.78 bits per heavy atom. The predicted molar refractivity (Wildman–Crippen MR) is 131 cm³/mol. The molecule has 0 bridgehead atoms. The molecule has 200 valence electrons. The molecule has 0 atom stereocenters. The number of rotatable bonds is 11. The van der Waals surface area contributed by atoms with Crippen LogP contribution >= 0.6 is 0 Å². The lowest BCUT2D eigenvalue weighted by molar-refractivity contribution is -0.192. The second-order valence-corrected chi connectivity index (χ2v) is 7.93. The third-order valence-corrected chi connectivity index (χ3v) is 5.03. The molecular weight excluding hydrogens is 491 g/mol. The number of hydrogen-bond acceptors (Lipinski definition) is 6. The van der Waals surface area contributed by atoms with Gasteiger partial charge in [0.2, 0.25) is 0 Å². The Morgan fingerprint density at radius 3 is 2.30 bits per heavy atom. The standard InChI is InChI=1S/C24H29N3O3.C2HF3O2/c1-3-12-25-16-20-8-11-22(26-17-20)21-9-6-19(7-10-21)18-27(13-15-29-2)24(28)23-5-4-14-30-23;3-2(4,5)1(6)7/h4-11,14,17,25H,3,12-13,15-16,18H2,1-2H3;(H,6,7). The van der Waals surface area contributed by atoms with Crippen molar-refractivity contribution in [3.8, 4) is 11.3 Å². The minimum atomic E-state index is -5.08. The van der Waals surface area contributed by atoms with E-state index in [1.165, 1.54) is 11.8 Å². The van der Waals surface area contributed by atoms with Gasteiger partial charge >= 0.3 is 12.1 Å². The molecule has 11 heteroatoms. The van der Waals surface area contributed by atoms with E-state index in [0.717, 1.165) is 36.3 Å². The van der Waals surface area contributed by atoms with Crippen LogP contribution in [0.25, 0.3) is 11.3 Å². The Kier molecular flexibility index (Phi) is 11.8. The van der Waals surface area contributed by atoms with E-state index >= 15 is 0 Å². The highest BCUT2D eigenvalue weighted by Crippen LogP contribution is 2.19. The van der Waals surface area contributed by atoms with Crippen molar-refractivity contribution in [1.29, 1.82) is 0 Å². The molecule has 37 heavy (non-hydrogen) atoms. The number of alkyl halides is 3. The molecule has 3 rings (SSSR count). The first kappa shape index (κ1) is 29.5. The van der Waals surface area contributed by atoms with Crippen LogP contribution in [0, 0.1) is 0 Å². The van der Waals surface area contributed by atoms with E-state index in [1.54, 1.807) is 24.1 Å². The van der Waals surface area contributed by atoms with Crippen molar-refractivity contribution < 1.29 is 37.0 Å². The molecule has 0 fully saturated rings. The van der Waals surface area contributed by atoms with E-state index in [4.69, 9.17) is 19.1 Å². The Balaban J connectivity index is 0.000000604. The number of pyridine rings is 1. The highest BCUT2D eigenvalue weighted by atomic mass is 19.4. The molecule has 0 unspecified atom stereocenters. The number of nitrogens with one attached hydrogen (secondary N) is 1. The van der Waals surface area contributed by atoms with Gasteiger partial charge < -0.3 is 24.5 Å². The number of aliphatic carboxylic acids is 1. The maximum atomic E-state index is 12.7. The molecule has 0 aliphatic carbocycles. The van der Waals surface area contributed by atoms with Gasteiger partial charge in [0.1, 0.15) is 0 Å². The van der Waals surface area contributed by atoms with Gasteiger partial charge in [-0.2, -0.15) is 13.2 Å². The number of benzene rings is 1. The number of aromatic nitrogens is 1. The molecule has 0 saturated heterocycles. The molecule has 3 aromatic rings. The molecule has 2 aromatic heterocycles. The lowest BCUT2D eigenvalue weighted by atomic mass is 10.1. The van der Waals surface area contributed by atoms with Gasteiger partial charge in [-0.3, -0.25) is 9.78 Å². The van der Waals surface area contributed by atoms with Gasteiger partial charge in [0, 0.05) is 38.5 Å². The summed E-state index contributed by atoms with van der Waals surface area (Å²) in [6, 6.07) is 15.7. The number of hydrogen-bond donors (Lipinski definition) is 2. The van der Waals surface area contributed by atoms with Crippen LogP contribution in [-0.4, -0.2) is 59.8 Å². The minimum Gasteiger partial charge on any atom is -0.475 e. The summed E-state index contributed by atoms with van der Waals surface area (Å²) < 4.78 is 42.2. The van der Waals surface area contributed by atoms with Crippen molar-refractivity contribution >= 4 is 11.9 Å². The number of methoxy groups -OCH3 is 1. The molecule has 0 aliphatic rings. The molecule has 8 nitrogen and oxygen atoms in total. The van der Waals surface area contributed by atoms with E-state index in [2.05, 4.69) is 23.3 Å². The third kappa shape index (κ3) is 10.1. The maximum absolute atomic E-state index is 12.7. The topological polar surface area (TPSA) is 105 Å². The van der Waals surface area contributed by atoms with Gasteiger partial charge in [0.05, 0.1) is 18.6 Å². The quantitative estimate of drug-likeness (QED) is 0.351. The molecule has 0 spiro atoms. The molecule has 2 heterocycles. The number of carboxylic acids is 1. The van der Waals surface area contributed by atoms with Gasteiger partial charge in [-0.1, -0.05) is 37.3 Å². The van der Waals surface area contributed by atoms with E-state index in [9.17, 15) is 18.0 Å². The van der Waals surface area contributed by atoms with E-state index in [-0.39, 0.29) is 5.91 Å². The van der Waals surface area contributed by atoms with E-state index in [1.807, 2.05) is 36.5 Å². The largest absolute Gasteiger partial charge is 0.490 e. The van der Waals surface area contributed by atoms with Crippen molar-refractivity contribution in [2.24, 2.45) is 0 Å². The first-order valence-electron chi connectivity index (χ1n) is 11.5. The summed E-state index contributed by atoms with van der Waals surface area (Å²) in [6.07, 6.45) is -0.539. The maximum Gasteiger partial charge on any atom is 0.490 e. The first-order valence-corrected chi connectivity index (χ1v) is 11.5. The fraction of sp³-hybridized carbons (Fsp3) is 0.346. The van der Waals surface area contributed by atoms with Crippen molar-refractivity contribution in [3.05, 3.63) is 77.9 Å². The van der Waals surface area contributed by atoms with Crippen LogP contribution in [0.4, 0.5) is 13.2 Å². The molecule has 2 N–H and O–H groups in total. The number of carboxylic acid groups (broad SMARTS) is 1. The van der Waals surface area contributed by atoms with Gasteiger partial charge in [0.25, 0.3) is 5.91 Å². The van der Waals surface area contributed by atoms with Crippen LogP contribution in [0.3, 0.4) is 0 Å². The number of amides is 1. The second kappa shape index (κ2) is 14.8. The Labute approximate surface area is 213 Å². The van der Waals surface area contributed by atoms with Gasteiger partial charge in [-0.25, -0.2) is 4.79 Å². The van der Waals surface area contributed by atoms with Crippen LogP contribution < -0.4 is 5.32 Å². The number of halogens is 3. The lowest BCUT2D eigenvalue weighted by Gasteiger charge is -2.21. The SMILES string of the molecule is CCCNCc1ccc(-c2ccc(CN(CCOC)C(=O)c3ccco3)cc2)nc1.O=C(O)C(F)(F)F. The van der Waals surface area contributed by atoms with Crippen LogP contribution in [0.5, 0.6) is 0 Å². The van der Waals surface area contributed by atoms with Crippen molar-refractivity contribution in [3.63, 3.8) is 0 Å². The van der Waals surface area contributed by atoms with Crippen LogP contribution in [-0.2, 0) is 22.6 Å². The monoisotopic (exact) mass is 521 g/mol. The third-order valence-electron chi connectivity index (χ3n) is 5.03. The zero-order valence-corrected chi connectivity index (χ0v) is 20.6. The molecule has 1 amide bonds. The van der Waals surface area contributed by atoms with E-state index < -0.39 is 12.1 Å². The summed E-state index contributed by atoms with van der Waals surface area (Å²) in [5, 5.41) is 10.5. The average Bonchev–Trinajstić information content (AvgIpc) is 3.42. The van der Waals surface area contributed by atoms with Gasteiger partial charge in [-0.15, -0.1) is 0 Å². The number of nitrogens with zero attached hydrogens (tertiary/aromatic N) is 2. The summed E-state index contributed by atoms with van der Waals surface area (Å²) in [4.78, 5) is 27.9. The predicted octanol–water partition coefficient (Wildman–Crippen LogP) is 4.76. The van der Waals surface area contributed by atoms with Crippen molar-refractivity contribution in [2.75, 3.05) is 26.8 Å². The first-order chi connectivity index (χ1) is 17.7. The van der Waals surface area contributed by atoms with Gasteiger partial charge in [-0.05, 0) is 42.3 Å². The highest BCUT2D eigenvalue weighted by Gasteiger charge is 2.38. The number of carbonyl (C=O) groups excluding carboxylic acids is 1. The lowest BCUT2D eigenvalue weighted by Crippen LogP contribution is -2.33. The normalized spacial score (nSPS) is 10.9. The highest BCUT2D eigenvalue weighted by molar-refractivity contribution is 5.91. The van der Waals surface area contributed by atoms with Crippen molar-refractivity contribution in [2.45, 2.75) is 32.6 Å². The number of ether oxygens (including phenoxy) is 1. The molecule has 0 radical (unpaired) electrons. The summed E-state index contributed by atoms with van der Waals surface area (Å²) in [5.41, 5.74) is 4.19. The summed E-state index contributed by atoms with van der Waals surface area (Å²) in [5.74, 6) is -2.57. The minimum absolute atomic E-state index is 0.143. The molecule has 0 saturated carbocycles. The fourth-order valence-corrected chi connectivity index (χ4v) is 3.12. The molecule has 1 aromatic carbocycles. The van der Waals surface area contributed by atoms with E-state index in [0.29, 0.717) is 25.5 Å². The van der Waals surface area contributed by atoms with Crippen LogP contribution in [0.15, 0.2) is 65.4 Å². The zero-order valence-electron chi connectivity index (χ0n) is 20.6. The summed E-state index contributed by atoms with van der Waals surface area (Å²) in [6.45, 7) is 5.44. The van der Waals surface area contributed by atoms with Crippen molar-refractivity contribution in [1.82, 2.24) is 15.2 Å². The average molecular weight is 522 g/mol. The van der Waals surface area contributed by atoms with Crippen LogP contribution in [0.2, 0.25) is 0 Å². The second-order valence-electron chi connectivity index (χ2n) is 7.93. The number of furan rings is 1. The molecular formula is C26H30F3N3O5. The summed E-state index contributed by atoms with van der Waals surface area (Å²) >= 11 is 0.